The Morgan fingerprint density at radius 3 is 2.46 bits per heavy atom. The molecule has 0 spiro atoms. The van der Waals surface area contributed by atoms with Crippen LogP contribution in [0, 0.1) is 6.92 Å². The number of carbonyl (C=O) groups excluding carboxylic acids is 1. The average molecular weight is 346 g/mol. The highest BCUT2D eigenvalue weighted by atomic mass is 16.2. The molecule has 6 heteroatoms. The minimum atomic E-state index is -0.283. The molecular formula is C20H18N4O2. The standard InChI is InChI=1S/C20H18N4O2/c1-12(2)23-17-11-7-5-9-15(17)18(20(23)26)22-24-13(3)21-16-10-6-4-8-14(16)19(24)25/h4-12H,1-3H3/b22-18+. The molecule has 0 saturated heterocycles. The van der Waals surface area contributed by atoms with Crippen LogP contribution in [0.15, 0.2) is 58.4 Å². The van der Waals surface area contributed by atoms with Gasteiger partial charge in [-0.25, -0.2) is 4.98 Å². The van der Waals surface area contributed by atoms with E-state index in [1.165, 1.54) is 4.68 Å². The van der Waals surface area contributed by atoms with Gasteiger partial charge in [0.15, 0.2) is 5.71 Å². The molecule has 1 aliphatic heterocycles. The smallest absolute Gasteiger partial charge is 0.282 e. The summed E-state index contributed by atoms with van der Waals surface area (Å²) < 4.78 is 1.22. The summed E-state index contributed by atoms with van der Waals surface area (Å²) in [7, 11) is 0. The Labute approximate surface area is 150 Å². The summed E-state index contributed by atoms with van der Waals surface area (Å²) in [5, 5.41) is 4.90. The van der Waals surface area contributed by atoms with Crippen molar-refractivity contribution < 1.29 is 4.79 Å². The van der Waals surface area contributed by atoms with E-state index < -0.39 is 0 Å². The molecule has 3 aromatic rings. The van der Waals surface area contributed by atoms with Crippen molar-refractivity contribution in [1.82, 2.24) is 9.66 Å². The highest BCUT2D eigenvalue weighted by Crippen LogP contribution is 2.30. The Hall–Kier alpha value is -3.28. The van der Waals surface area contributed by atoms with Crippen LogP contribution in [0.5, 0.6) is 0 Å². The maximum Gasteiger partial charge on any atom is 0.282 e. The second-order valence-corrected chi connectivity index (χ2v) is 6.53. The Morgan fingerprint density at radius 1 is 1.00 bits per heavy atom. The first-order valence-electron chi connectivity index (χ1n) is 8.49. The van der Waals surface area contributed by atoms with E-state index in [1.54, 1.807) is 30.0 Å². The number of amides is 1. The van der Waals surface area contributed by atoms with Crippen molar-refractivity contribution in [3.8, 4) is 0 Å². The first-order valence-corrected chi connectivity index (χ1v) is 8.49. The maximum atomic E-state index is 13.0. The molecule has 0 fully saturated rings. The lowest BCUT2D eigenvalue weighted by Gasteiger charge is -2.20. The Balaban J connectivity index is 1.96. The van der Waals surface area contributed by atoms with Crippen LogP contribution in [0.3, 0.4) is 0 Å². The van der Waals surface area contributed by atoms with Crippen LogP contribution in [-0.4, -0.2) is 27.3 Å². The zero-order valence-corrected chi connectivity index (χ0v) is 14.8. The lowest BCUT2D eigenvalue weighted by molar-refractivity contribution is -0.112. The fourth-order valence-electron chi connectivity index (χ4n) is 3.28. The summed E-state index contributed by atoms with van der Waals surface area (Å²) in [6, 6.07) is 14.6. The van der Waals surface area contributed by atoms with E-state index in [-0.39, 0.29) is 23.2 Å². The molecule has 4 rings (SSSR count). The molecule has 1 aliphatic rings. The van der Waals surface area contributed by atoms with Crippen LogP contribution in [0.25, 0.3) is 10.9 Å². The molecule has 0 N–H and O–H groups in total. The second kappa shape index (κ2) is 5.91. The third-order valence-electron chi connectivity index (χ3n) is 4.47. The number of aromatic nitrogens is 2. The van der Waals surface area contributed by atoms with E-state index in [4.69, 9.17) is 0 Å². The Bertz CT molecular complexity index is 1130. The summed E-state index contributed by atoms with van der Waals surface area (Å²) in [6.45, 7) is 5.61. The highest BCUT2D eigenvalue weighted by Gasteiger charge is 2.35. The van der Waals surface area contributed by atoms with Gasteiger partial charge in [-0.15, -0.1) is 0 Å². The molecule has 1 aromatic heterocycles. The van der Waals surface area contributed by atoms with Crippen LogP contribution in [0.4, 0.5) is 5.69 Å². The number of anilines is 1. The molecular weight excluding hydrogens is 328 g/mol. The van der Waals surface area contributed by atoms with E-state index in [0.29, 0.717) is 16.7 Å². The predicted octanol–water partition coefficient (Wildman–Crippen LogP) is 2.71. The van der Waals surface area contributed by atoms with Gasteiger partial charge in [0.2, 0.25) is 0 Å². The first-order chi connectivity index (χ1) is 12.5. The van der Waals surface area contributed by atoms with Crippen molar-refractivity contribution in [1.29, 1.82) is 0 Å². The number of carbonyl (C=O) groups is 1. The van der Waals surface area contributed by atoms with Crippen molar-refractivity contribution in [3.63, 3.8) is 0 Å². The van der Waals surface area contributed by atoms with Crippen LogP contribution < -0.4 is 10.5 Å². The van der Waals surface area contributed by atoms with E-state index in [0.717, 1.165) is 11.3 Å². The summed E-state index contributed by atoms with van der Waals surface area (Å²) in [6.07, 6.45) is 0. The lowest BCUT2D eigenvalue weighted by atomic mass is 10.1. The number of para-hydroxylation sites is 2. The number of hydrogen-bond acceptors (Lipinski definition) is 4. The molecule has 0 saturated carbocycles. The van der Waals surface area contributed by atoms with Gasteiger partial charge in [-0.3, -0.25) is 9.59 Å². The van der Waals surface area contributed by atoms with Crippen molar-refractivity contribution in [2.75, 3.05) is 4.90 Å². The zero-order chi connectivity index (χ0) is 18.4. The van der Waals surface area contributed by atoms with Crippen molar-refractivity contribution in [2.45, 2.75) is 26.8 Å². The Morgan fingerprint density at radius 2 is 1.69 bits per heavy atom. The number of rotatable bonds is 2. The van der Waals surface area contributed by atoms with Crippen LogP contribution in [0.1, 0.15) is 25.2 Å². The maximum absolute atomic E-state index is 13.0. The molecule has 0 unspecified atom stereocenters. The largest absolute Gasteiger partial charge is 0.304 e. The topological polar surface area (TPSA) is 67.6 Å². The van der Waals surface area contributed by atoms with Crippen LogP contribution in [0.2, 0.25) is 0 Å². The molecule has 6 nitrogen and oxygen atoms in total. The van der Waals surface area contributed by atoms with Crippen molar-refractivity contribution in [3.05, 3.63) is 70.3 Å². The summed E-state index contributed by atoms with van der Waals surface area (Å²) in [5.41, 5.74) is 2.13. The predicted molar refractivity (Wildman–Crippen MR) is 102 cm³/mol. The van der Waals surface area contributed by atoms with E-state index >= 15 is 0 Å². The normalized spacial score (nSPS) is 15.3. The van der Waals surface area contributed by atoms with E-state index in [2.05, 4.69) is 10.1 Å². The number of benzene rings is 2. The van der Waals surface area contributed by atoms with Gasteiger partial charge in [-0.05, 0) is 39.0 Å². The van der Waals surface area contributed by atoms with Gasteiger partial charge in [0.1, 0.15) is 5.82 Å². The van der Waals surface area contributed by atoms with E-state index in [1.807, 2.05) is 44.2 Å². The van der Waals surface area contributed by atoms with Crippen LogP contribution in [-0.2, 0) is 4.79 Å². The third-order valence-corrected chi connectivity index (χ3v) is 4.47. The molecule has 0 radical (unpaired) electrons. The molecule has 130 valence electrons. The lowest BCUT2D eigenvalue weighted by Crippen LogP contribution is -2.36. The van der Waals surface area contributed by atoms with Gasteiger partial charge in [0.25, 0.3) is 11.5 Å². The molecule has 0 bridgehead atoms. The number of fused-ring (bicyclic) bond motifs is 2. The summed E-state index contributed by atoms with van der Waals surface area (Å²) in [5.74, 6) is 0.232. The van der Waals surface area contributed by atoms with Crippen molar-refractivity contribution >= 4 is 28.2 Å². The molecule has 0 aliphatic carbocycles. The zero-order valence-electron chi connectivity index (χ0n) is 14.8. The fourth-order valence-corrected chi connectivity index (χ4v) is 3.28. The monoisotopic (exact) mass is 346 g/mol. The quantitative estimate of drug-likeness (QED) is 0.716. The highest BCUT2D eigenvalue weighted by molar-refractivity contribution is 6.54. The number of aryl methyl sites for hydroxylation is 1. The second-order valence-electron chi connectivity index (χ2n) is 6.53. The molecule has 1 amide bonds. The summed E-state index contributed by atoms with van der Waals surface area (Å²) in [4.78, 5) is 32.0. The minimum absolute atomic E-state index is 0.0103. The van der Waals surface area contributed by atoms with E-state index in [9.17, 15) is 9.59 Å². The minimum Gasteiger partial charge on any atom is -0.304 e. The molecule has 0 atom stereocenters. The number of nitrogens with zero attached hydrogens (tertiary/aromatic N) is 4. The Kier molecular flexibility index (Phi) is 3.68. The molecule has 2 aromatic carbocycles. The van der Waals surface area contributed by atoms with Gasteiger partial charge < -0.3 is 4.90 Å². The van der Waals surface area contributed by atoms with Crippen LogP contribution >= 0.6 is 0 Å². The van der Waals surface area contributed by atoms with Gasteiger partial charge >= 0.3 is 0 Å². The van der Waals surface area contributed by atoms with Gasteiger partial charge in [-0.2, -0.15) is 9.78 Å². The number of hydrogen-bond donors (Lipinski definition) is 0. The summed E-state index contributed by atoms with van der Waals surface area (Å²) >= 11 is 0. The third kappa shape index (κ3) is 2.34. The SMILES string of the molecule is Cc1nc2ccccc2c(=O)n1/N=C1/C(=O)N(C(C)C)c2ccccc21. The van der Waals surface area contributed by atoms with Gasteiger partial charge in [0.05, 0.1) is 16.6 Å². The molecule has 2 heterocycles. The molecule has 26 heavy (non-hydrogen) atoms. The first kappa shape index (κ1) is 16.2. The average Bonchev–Trinajstić information content (AvgIpc) is 2.90. The fraction of sp³-hybridized carbons (Fsp3) is 0.200. The van der Waals surface area contributed by atoms with Gasteiger partial charge in [-0.1, -0.05) is 30.3 Å². The van der Waals surface area contributed by atoms with Crippen molar-refractivity contribution in [2.24, 2.45) is 5.10 Å². The van der Waals surface area contributed by atoms with Gasteiger partial charge in [0, 0.05) is 11.6 Å².